The lowest BCUT2D eigenvalue weighted by molar-refractivity contribution is -0.686. The number of imidazole rings is 1. The van der Waals surface area contributed by atoms with Crippen molar-refractivity contribution < 1.29 is 21.8 Å². The molecular weight excluding hydrogens is 235 g/mol. The molecule has 0 fully saturated rings. The maximum absolute atomic E-state index is 9.75. The Balaban J connectivity index is 0.000000437. The zero-order chi connectivity index (χ0) is 13.3. The van der Waals surface area contributed by atoms with Crippen LogP contribution in [0.3, 0.4) is 0 Å². The van der Waals surface area contributed by atoms with Gasteiger partial charge in [0.05, 0.1) is 6.54 Å². The maximum atomic E-state index is 9.75. The van der Waals surface area contributed by atoms with Gasteiger partial charge in [-0.2, -0.15) is 0 Å². The topological polar surface area (TPSA) is 8.81 Å². The monoisotopic (exact) mass is 252 g/mol. The molecule has 0 aliphatic carbocycles. The number of halogens is 4. The number of aromatic nitrogens is 2. The average molecular weight is 252 g/mol. The summed E-state index contributed by atoms with van der Waals surface area (Å²) in [7, 11) is -6.00. The number of allylic oxidation sites excluding steroid dienone is 1. The van der Waals surface area contributed by atoms with Gasteiger partial charge in [0.1, 0.15) is 18.9 Å². The van der Waals surface area contributed by atoms with Gasteiger partial charge in [0.25, 0.3) is 0 Å². The SMILES string of the molecule is C=CC[n+]1ccn(CCCC)c1.F[B-](F)(F)F. The van der Waals surface area contributed by atoms with Gasteiger partial charge in [-0.3, -0.25) is 0 Å². The van der Waals surface area contributed by atoms with E-state index in [0.29, 0.717) is 0 Å². The van der Waals surface area contributed by atoms with Gasteiger partial charge in [-0.25, -0.2) is 9.13 Å². The van der Waals surface area contributed by atoms with E-state index in [1.807, 2.05) is 6.08 Å². The summed E-state index contributed by atoms with van der Waals surface area (Å²) in [4.78, 5) is 0. The molecule has 0 aliphatic rings. The fourth-order valence-electron chi connectivity index (χ4n) is 1.17. The molecule has 0 unspecified atom stereocenters. The Morgan fingerprint density at radius 3 is 2.41 bits per heavy atom. The Morgan fingerprint density at radius 2 is 1.94 bits per heavy atom. The Kier molecular flexibility index (Phi) is 7.33. The summed E-state index contributed by atoms with van der Waals surface area (Å²) in [5.41, 5.74) is 0. The summed E-state index contributed by atoms with van der Waals surface area (Å²) in [6.07, 6.45) is 10.7. The van der Waals surface area contributed by atoms with Gasteiger partial charge in [0.2, 0.25) is 6.33 Å². The van der Waals surface area contributed by atoms with Crippen LogP contribution in [0.4, 0.5) is 17.3 Å². The van der Waals surface area contributed by atoms with E-state index in [2.05, 4.69) is 41.4 Å². The third-order valence-electron chi connectivity index (χ3n) is 1.86. The van der Waals surface area contributed by atoms with Crippen LogP contribution in [0.25, 0.3) is 0 Å². The minimum atomic E-state index is -6.00. The standard InChI is InChI=1S/C10H17N2.BF4/c1-3-5-7-12-9-8-11(10-12)6-4-2;2-1(3,4)5/h4,8-10H,2-3,5-7H2,1H3;/q+1;-1. The van der Waals surface area contributed by atoms with E-state index < -0.39 is 7.25 Å². The molecule has 1 heterocycles. The molecule has 0 spiro atoms. The Labute approximate surface area is 98.7 Å². The van der Waals surface area contributed by atoms with E-state index >= 15 is 0 Å². The summed E-state index contributed by atoms with van der Waals surface area (Å²) in [6.45, 7) is 7.93. The van der Waals surface area contributed by atoms with Crippen LogP contribution in [0.15, 0.2) is 31.4 Å². The second-order valence-corrected chi connectivity index (χ2v) is 3.49. The van der Waals surface area contributed by atoms with Crippen molar-refractivity contribution >= 4 is 7.25 Å². The fraction of sp³-hybridized carbons (Fsp3) is 0.500. The summed E-state index contributed by atoms with van der Waals surface area (Å²) < 4.78 is 43.3. The van der Waals surface area contributed by atoms with Crippen molar-refractivity contribution in [1.29, 1.82) is 0 Å². The van der Waals surface area contributed by atoms with Crippen LogP contribution in [0.5, 0.6) is 0 Å². The molecule has 0 aromatic carbocycles. The summed E-state index contributed by atoms with van der Waals surface area (Å²) in [5.74, 6) is 0. The second-order valence-electron chi connectivity index (χ2n) is 3.49. The van der Waals surface area contributed by atoms with E-state index in [9.17, 15) is 17.3 Å². The van der Waals surface area contributed by atoms with Gasteiger partial charge in [-0.05, 0) is 6.42 Å². The first-order valence-electron chi connectivity index (χ1n) is 5.40. The van der Waals surface area contributed by atoms with Gasteiger partial charge >= 0.3 is 7.25 Å². The first-order valence-corrected chi connectivity index (χ1v) is 5.40. The molecule has 0 N–H and O–H groups in total. The zero-order valence-corrected chi connectivity index (χ0v) is 9.83. The Morgan fingerprint density at radius 1 is 1.35 bits per heavy atom. The molecule has 2 nitrogen and oxygen atoms in total. The van der Waals surface area contributed by atoms with Crippen molar-refractivity contribution in [1.82, 2.24) is 4.57 Å². The summed E-state index contributed by atoms with van der Waals surface area (Å²) >= 11 is 0. The molecule has 0 amide bonds. The highest BCUT2D eigenvalue weighted by atomic mass is 19.5. The lowest BCUT2D eigenvalue weighted by Crippen LogP contribution is -2.29. The molecule has 1 aromatic rings. The highest BCUT2D eigenvalue weighted by molar-refractivity contribution is 6.50. The molecule has 98 valence electrons. The number of unbranched alkanes of at least 4 members (excludes halogenated alkanes) is 1. The first kappa shape index (κ1) is 15.7. The molecule has 0 atom stereocenters. The number of aryl methyl sites for hydroxylation is 1. The molecule has 0 aliphatic heterocycles. The minimum absolute atomic E-state index is 0.902. The third kappa shape index (κ3) is 11.0. The maximum Gasteiger partial charge on any atom is 0.673 e. The van der Waals surface area contributed by atoms with Crippen molar-refractivity contribution in [3.63, 3.8) is 0 Å². The number of nitrogens with zero attached hydrogens (tertiary/aromatic N) is 2. The summed E-state index contributed by atoms with van der Waals surface area (Å²) in [5, 5.41) is 0. The fourth-order valence-corrected chi connectivity index (χ4v) is 1.17. The van der Waals surface area contributed by atoms with E-state index in [0.717, 1.165) is 13.1 Å². The molecule has 0 bridgehead atoms. The van der Waals surface area contributed by atoms with E-state index in [-0.39, 0.29) is 0 Å². The Hall–Kier alpha value is -1.27. The van der Waals surface area contributed by atoms with E-state index in [1.54, 1.807) is 0 Å². The first-order chi connectivity index (χ1) is 7.86. The normalized spacial score (nSPS) is 10.6. The van der Waals surface area contributed by atoms with E-state index in [4.69, 9.17) is 0 Å². The minimum Gasteiger partial charge on any atom is -0.418 e. The van der Waals surface area contributed by atoms with Crippen molar-refractivity contribution in [2.45, 2.75) is 32.9 Å². The average Bonchev–Trinajstić information content (AvgIpc) is 2.61. The van der Waals surface area contributed by atoms with Crippen molar-refractivity contribution in [3.8, 4) is 0 Å². The molecule has 7 heteroatoms. The molecule has 17 heavy (non-hydrogen) atoms. The predicted octanol–water partition coefficient (Wildman–Crippen LogP) is 3.06. The van der Waals surface area contributed by atoms with Crippen molar-refractivity contribution in [3.05, 3.63) is 31.4 Å². The number of rotatable bonds is 5. The molecule has 0 saturated carbocycles. The third-order valence-corrected chi connectivity index (χ3v) is 1.86. The van der Waals surface area contributed by atoms with Crippen LogP contribution >= 0.6 is 0 Å². The lowest BCUT2D eigenvalue weighted by Gasteiger charge is -1.94. The van der Waals surface area contributed by atoms with Gasteiger partial charge in [0, 0.05) is 0 Å². The largest absolute Gasteiger partial charge is 0.673 e. The smallest absolute Gasteiger partial charge is 0.418 e. The van der Waals surface area contributed by atoms with Crippen molar-refractivity contribution in [2.24, 2.45) is 0 Å². The van der Waals surface area contributed by atoms with Crippen LogP contribution in [0, 0.1) is 0 Å². The van der Waals surface area contributed by atoms with Gasteiger partial charge in [-0.15, -0.1) is 0 Å². The van der Waals surface area contributed by atoms with Gasteiger partial charge < -0.3 is 17.3 Å². The van der Waals surface area contributed by atoms with Crippen LogP contribution in [-0.2, 0) is 13.1 Å². The van der Waals surface area contributed by atoms with Crippen LogP contribution in [0.1, 0.15) is 19.8 Å². The van der Waals surface area contributed by atoms with E-state index in [1.165, 1.54) is 12.8 Å². The highest BCUT2D eigenvalue weighted by Gasteiger charge is 2.20. The number of hydrogen-bond donors (Lipinski definition) is 0. The molecule has 1 aromatic heterocycles. The predicted molar refractivity (Wildman–Crippen MR) is 59.9 cm³/mol. The van der Waals surface area contributed by atoms with Gasteiger partial charge in [-0.1, -0.05) is 26.0 Å². The second kappa shape index (κ2) is 7.92. The van der Waals surface area contributed by atoms with Crippen LogP contribution < -0.4 is 4.57 Å². The summed E-state index contributed by atoms with van der Waals surface area (Å²) in [6, 6.07) is 0. The highest BCUT2D eigenvalue weighted by Crippen LogP contribution is 2.06. The van der Waals surface area contributed by atoms with Gasteiger partial charge in [0.15, 0.2) is 0 Å². The molecule has 1 rings (SSSR count). The van der Waals surface area contributed by atoms with Crippen LogP contribution in [0.2, 0.25) is 0 Å². The molecule has 0 radical (unpaired) electrons. The van der Waals surface area contributed by atoms with Crippen molar-refractivity contribution in [2.75, 3.05) is 0 Å². The van der Waals surface area contributed by atoms with Crippen LogP contribution in [-0.4, -0.2) is 11.8 Å². The quantitative estimate of drug-likeness (QED) is 0.329. The molecular formula is C10H17BF4N2. The lowest BCUT2D eigenvalue weighted by atomic mass is 10.3. The zero-order valence-electron chi connectivity index (χ0n) is 9.83. The Bertz CT molecular complexity index is 316. The number of hydrogen-bond acceptors (Lipinski definition) is 0. The molecule has 0 saturated heterocycles.